The maximum Gasteiger partial charge on any atom is 0.274 e. The van der Waals surface area contributed by atoms with Gasteiger partial charge in [0.25, 0.3) is 5.56 Å². The topological polar surface area (TPSA) is 73.3 Å². The van der Waals surface area contributed by atoms with E-state index in [1.807, 2.05) is 0 Å². The van der Waals surface area contributed by atoms with E-state index in [0.29, 0.717) is 0 Å². The van der Waals surface area contributed by atoms with Crippen molar-refractivity contribution in [2.45, 2.75) is 0 Å². The zero-order chi connectivity index (χ0) is 7.56. The second-order valence-corrected chi connectivity index (χ2v) is 1.61. The van der Waals surface area contributed by atoms with Crippen molar-refractivity contribution in [3.8, 4) is 0 Å². The third-order valence-corrected chi connectivity index (χ3v) is 0.970. The molecule has 0 aliphatic carbocycles. The minimum Gasteiger partial charge on any atom is -0.368 e. The van der Waals surface area contributed by atoms with Gasteiger partial charge < -0.3 is 5.73 Å². The van der Waals surface area contributed by atoms with Crippen molar-refractivity contribution in [2.24, 2.45) is 5.10 Å². The molecule has 1 heterocycles. The number of nitrogens with two attached hydrogens (primary N) is 1. The summed E-state index contributed by atoms with van der Waals surface area (Å²) in [6.07, 6.45) is 1.40. The quantitative estimate of drug-likeness (QED) is 0.521. The fourth-order valence-electron chi connectivity index (χ4n) is 0.532. The first-order chi connectivity index (χ1) is 4.74. The van der Waals surface area contributed by atoms with E-state index in [9.17, 15) is 4.79 Å². The van der Waals surface area contributed by atoms with E-state index in [0.717, 1.165) is 0 Å². The molecule has 0 saturated heterocycles. The molecule has 2 N–H and O–H groups in total. The van der Waals surface area contributed by atoms with Crippen LogP contribution in [0, 0.1) is 0 Å². The molecule has 0 saturated carbocycles. The van der Waals surface area contributed by atoms with E-state index >= 15 is 0 Å². The van der Waals surface area contributed by atoms with E-state index in [-0.39, 0.29) is 11.5 Å². The monoisotopic (exact) mass is 138 g/mol. The molecule has 1 aromatic rings. The number of hydrogen-bond acceptors (Lipinski definition) is 4. The van der Waals surface area contributed by atoms with Crippen LogP contribution < -0.4 is 11.3 Å². The average Bonchev–Trinajstić information content (AvgIpc) is 1.88. The van der Waals surface area contributed by atoms with Crippen molar-refractivity contribution < 1.29 is 0 Å². The van der Waals surface area contributed by atoms with Crippen LogP contribution in [0.5, 0.6) is 0 Å². The third kappa shape index (κ3) is 1.02. The summed E-state index contributed by atoms with van der Waals surface area (Å²) in [7, 11) is 0. The van der Waals surface area contributed by atoms with Crippen molar-refractivity contribution in [3.63, 3.8) is 0 Å². The number of rotatable bonds is 1. The average molecular weight is 138 g/mol. The van der Waals surface area contributed by atoms with E-state index in [1.165, 1.54) is 16.9 Å². The van der Waals surface area contributed by atoms with Crippen molar-refractivity contribution >= 4 is 12.7 Å². The predicted molar refractivity (Wildman–Crippen MR) is 37.9 cm³/mol. The number of nitrogens with zero attached hydrogens (tertiary/aromatic N) is 3. The molecule has 1 rings (SSSR count). The molecular weight excluding hydrogens is 132 g/mol. The van der Waals surface area contributed by atoms with Gasteiger partial charge in [-0.1, -0.05) is 0 Å². The molecule has 0 amide bonds. The number of anilines is 1. The van der Waals surface area contributed by atoms with Gasteiger partial charge in [-0.25, -0.2) is 4.68 Å². The summed E-state index contributed by atoms with van der Waals surface area (Å²) in [6.45, 7) is 3.21. The lowest BCUT2D eigenvalue weighted by Gasteiger charge is -1.97. The molecule has 0 fully saturated rings. The van der Waals surface area contributed by atoms with E-state index < -0.39 is 0 Å². The van der Waals surface area contributed by atoms with Gasteiger partial charge in [-0.05, 0) is 0 Å². The zero-order valence-corrected chi connectivity index (χ0v) is 5.19. The van der Waals surface area contributed by atoms with E-state index in [1.54, 1.807) is 0 Å². The minimum atomic E-state index is -0.377. The summed E-state index contributed by atoms with van der Waals surface area (Å²) in [5, 5.41) is 3.45. The minimum absolute atomic E-state index is 0.0440. The van der Waals surface area contributed by atoms with Crippen LogP contribution in [0.1, 0.15) is 0 Å². The molecule has 10 heavy (non-hydrogen) atoms. The Morgan fingerprint density at radius 2 is 2.50 bits per heavy atom. The maximum absolute atomic E-state index is 10.5. The Labute approximate surface area is 56.8 Å². The summed E-state index contributed by atoms with van der Waals surface area (Å²) < 4.78 is 1.21. The lowest BCUT2D eigenvalue weighted by molar-refractivity contribution is 0.851. The molecule has 0 aromatic carbocycles. The second kappa shape index (κ2) is 2.30. The molecule has 1 aromatic heterocycles. The highest BCUT2D eigenvalue weighted by molar-refractivity contribution is 5.26. The van der Waals surface area contributed by atoms with Crippen LogP contribution in [0.25, 0.3) is 0 Å². The van der Waals surface area contributed by atoms with Gasteiger partial charge in [0.05, 0.1) is 0 Å². The molecule has 0 bridgehead atoms. The lowest BCUT2D eigenvalue weighted by Crippen LogP contribution is -2.12. The predicted octanol–water partition coefficient (Wildman–Crippen LogP) is -0.711. The fourth-order valence-corrected chi connectivity index (χ4v) is 0.532. The van der Waals surface area contributed by atoms with Gasteiger partial charge in [-0.15, -0.1) is 0 Å². The SMILES string of the molecule is C=Nn1ccc(=O)nc1N. The number of aromatic nitrogens is 2. The van der Waals surface area contributed by atoms with Crippen LogP contribution in [0.15, 0.2) is 22.2 Å². The van der Waals surface area contributed by atoms with E-state index in [2.05, 4.69) is 16.8 Å². The van der Waals surface area contributed by atoms with Crippen molar-refractivity contribution in [1.29, 1.82) is 0 Å². The highest BCUT2D eigenvalue weighted by Gasteiger charge is 1.92. The van der Waals surface area contributed by atoms with Gasteiger partial charge in [0, 0.05) is 19.0 Å². The summed E-state index contributed by atoms with van der Waals surface area (Å²) in [4.78, 5) is 13.9. The molecule has 5 nitrogen and oxygen atoms in total. The van der Waals surface area contributed by atoms with Gasteiger partial charge >= 0.3 is 0 Å². The first kappa shape index (κ1) is 6.47. The second-order valence-electron chi connectivity index (χ2n) is 1.61. The third-order valence-electron chi connectivity index (χ3n) is 0.970. The van der Waals surface area contributed by atoms with Crippen LogP contribution in [0.4, 0.5) is 5.95 Å². The van der Waals surface area contributed by atoms with Gasteiger partial charge in [-0.2, -0.15) is 10.1 Å². The van der Waals surface area contributed by atoms with Crippen LogP contribution in [0.3, 0.4) is 0 Å². The lowest BCUT2D eigenvalue weighted by atomic mass is 10.6. The summed E-state index contributed by atoms with van der Waals surface area (Å²) in [5.41, 5.74) is 4.87. The molecule has 0 atom stereocenters. The van der Waals surface area contributed by atoms with Gasteiger partial charge in [0.1, 0.15) is 0 Å². The molecular formula is C5H6N4O. The molecule has 0 unspecified atom stereocenters. The van der Waals surface area contributed by atoms with Crippen LogP contribution in [-0.2, 0) is 0 Å². The standard InChI is InChI=1S/C5H6N4O/c1-7-9-3-2-4(10)8-5(9)6/h2-3H,1H2,(H2,6,8,10). The Morgan fingerprint density at radius 1 is 1.80 bits per heavy atom. The summed E-state index contributed by atoms with van der Waals surface area (Å²) in [6, 6.07) is 1.26. The molecule has 0 aliphatic heterocycles. The number of nitrogen functional groups attached to an aromatic ring is 1. The van der Waals surface area contributed by atoms with Gasteiger partial charge in [0.15, 0.2) is 0 Å². The van der Waals surface area contributed by atoms with Gasteiger partial charge in [0.2, 0.25) is 5.95 Å². The Hall–Kier alpha value is -1.65. The van der Waals surface area contributed by atoms with Crippen LogP contribution in [-0.4, -0.2) is 16.4 Å². The van der Waals surface area contributed by atoms with Gasteiger partial charge in [-0.3, -0.25) is 4.79 Å². The summed E-state index contributed by atoms with van der Waals surface area (Å²) >= 11 is 0. The van der Waals surface area contributed by atoms with Crippen molar-refractivity contribution in [1.82, 2.24) is 9.66 Å². The van der Waals surface area contributed by atoms with Crippen LogP contribution in [0.2, 0.25) is 0 Å². The van der Waals surface area contributed by atoms with Crippen molar-refractivity contribution in [2.75, 3.05) is 5.73 Å². The summed E-state index contributed by atoms with van der Waals surface area (Å²) in [5.74, 6) is 0.0440. The molecule has 5 heteroatoms. The Morgan fingerprint density at radius 3 is 3.00 bits per heavy atom. The normalized spacial score (nSPS) is 9.20. The number of hydrogen-bond donors (Lipinski definition) is 1. The van der Waals surface area contributed by atoms with E-state index in [4.69, 9.17) is 5.73 Å². The Kier molecular flexibility index (Phi) is 1.49. The van der Waals surface area contributed by atoms with Crippen LogP contribution >= 0.6 is 0 Å². The molecule has 52 valence electrons. The highest BCUT2D eigenvalue weighted by atomic mass is 16.1. The smallest absolute Gasteiger partial charge is 0.274 e. The fraction of sp³-hybridized carbons (Fsp3) is 0. The molecule has 0 radical (unpaired) electrons. The maximum atomic E-state index is 10.5. The van der Waals surface area contributed by atoms with Crippen molar-refractivity contribution in [3.05, 3.63) is 22.6 Å². The highest BCUT2D eigenvalue weighted by Crippen LogP contribution is 1.90. The Balaban J connectivity index is 3.32. The first-order valence-electron chi connectivity index (χ1n) is 2.56. The Bertz CT molecular complexity index is 303. The zero-order valence-electron chi connectivity index (χ0n) is 5.19. The molecule has 0 aliphatic rings. The largest absolute Gasteiger partial charge is 0.368 e. The first-order valence-corrected chi connectivity index (χ1v) is 2.56. The molecule has 0 spiro atoms.